The minimum atomic E-state index is -0.763. The Morgan fingerprint density at radius 2 is 2.29 bits per heavy atom. The molecule has 2 aromatic rings. The summed E-state index contributed by atoms with van der Waals surface area (Å²) >= 11 is 3.25. The SMILES string of the molecule is O=c1[nH]c(CF)nc2ccc(Br)cc12. The van der Waals surface area contributed by atoms with Crippen LogP contribution in [0.3, 0.4) is 0 Å². The van der Waals surface area contributed by atoms with E-state index in [1.807, 2.05) is 0 Å². The molecule has 1 aromatic heterocycles. The zero-order valence-electron chi connectivity index (χ0n) is 7.05. The second-order valence-electron chi connectivity index (χ2n) is 2.81. The second kappa shape index (κ2) is 3.49. The van der Waals surface area contributed by atoms with Gasteiger partial charge < -0.3 is 4.98 Å². The lowest BCUT2D eigenvalue weighted by atomic mass is 10.2. The molecule has 0 saturated carbocycles. The van der Waals surface area contributed by atoms with Crippen LogP contribution in [-0.4, -0.2) is 9.97 Å². The number of aromatic amines is 1. The Morgan fingerprint density at radius 1 is 1.50 bits per heavy atom. The minimum absolute atomic E-state index is 0.0600. The second-order valence-corrected chi connectivity index (χ2v) is 3.72. The van der Waals surface area contributed by atoms with E-state index in [2.05, 4.69) is 25.9 Å². The Labute approximate surface area is 87.1 Å². The van der Waals surface area contributed by atoms with Gasteiger partial charge in [0.1, 0.15) is 12.5 Å². The van der Waals surface area contributed by atoms with Gasteiger partial charge in [0, 0.05) is 4.47 Å². The number of hydrogen-bond donors (Lipinski definition) is 1. The van der Waals surface area contributed by atoms with Crippen LogP contribution in [0.2, 0.25) is 0 Å². The summed E-state index contributed by atoms with van der Waals surface area (Å²) in [4.78, 5) is 17.7. The molecule has 0 spiro atoms. The predicted molar refractivity (Wildman–Crippen MR) is 54.9 cm³/mol. The molecule has 0 aliphatic heterocycles. The maximum absolute atomic E-state index is 12.3. The highest BCUT2D eigenvalue weighted by molar-refractivity contribution is 9.10. The molecule has 5 heteroatoms. The van der Waals surface area contributed by atoms with Crippen molar-refractivity contribution in [1.29, 1.82) is 0 Å². The Kier molecular flexibility index (Phi) is 2.33. The third kappa shape index (κ3) is 1.55. The summed E-state index contributed by atoms with van der Waals surface area (Å²) < 4.78 is 13.1. The van der Waals surface area contributed by atoms with E-state index < -0.39 is 6.67 Å². The summed E-state index contributed by atoms with van der Waals surface area (Å²) in [5.74, 6) is 0.0600. The summed E-state index contributed by atoms with van der Waals surface area (Å²) in [6, 6.07) is 5.09. The highest BCUT2D eigenvalue weighted by Crippen LogP contribution is 2.15. The first-order valence-electron chi connectivity index (χ1n) is 3.95. The van der Waals surface area contributed by atoms with Crippen LogP contribution in [0.4, 0.5) is 4.39 Å². The molecule has 1 aromatic carbocycles. The zero-order valence-corrected chi connectivity index (χ0v) is 8.64. The third-order valence-electron chi connectivity index (χ3n) is 1.84. The van der Waals surface area contributed by atoms with Gasteiger partial charge in [-0.1, -0.05) is 15.9 Å². The lowest BCUT2D eigenvalue weighted by Gasteiger charge is -1.99. The number of nitrogens with one attached hydrogen (secondary N) is 1. The van der Waals surface area contributed by atoms with Gasteiger partial charge in [-0.15, -0.1) is 0 Å². The summed E-state index contributed by atoms with van der Waals surface area (Å²) in [6.45, 7) is -0.763. The van der Waals surface area contributed by atoms with Crippen molar-refractivity contribution in [1.82, 2.24) is 9.97 Å². The van der Waals surface area contributed by atoms with E-state index >= 15 is 0 Å². The molecule has 0 fully saturated rings. The molecule has 1 N–H and O–H groups in total. The van der Waals surface area contributed by atoms with E-state index in [0.717, 1.165) is 4.47 Å². The smallest absolute Gasteiger partial charge is 0.258 e. The minimum Gasteiger partial charge on any atom is -0.308 e. The molecule has 0 aliphatic carbocycles. The maximum Gasteiger partial charge on any atom is 0.258 e. The van der Waals surface area contributed by atoms with Crippen molar-refractivity contribution in [2.75, 3.05) is 0 Å². The lowest BCUT2D eigenvalue weighted by Crippen LogP contribution is -2.10. The van der Waals surface area contributed by atoms with Gasteiger partial charge in [0.15, 0.2) is 0 Å². The van der Waals surface area contributed by atoms with Crippen LogP contribution in [0, 0.1) is 0 Å². The average molecular weight is 257 g/mol. The first-order chi connectivity index (χ1) is 6.70. The van der Waals surface area contributed by atoms with Crippen molar-refractivity contribution in [2.45, 2.75) is 6.67 Å². The Bertz CT molecular complexity index is 538. The van der Waals surface area contributed by atoms with Crippen LogP contribution in [0.5, 0.6) is 0 Å². The van der Waals surface area contributed by atoms with Crippen molar-refractivity contribution in [2.24, 2.45) is 0 Å². The number of nitrogens with zero attached hydrogens (tertiary/aromatic N) is 1. The summed E-state index contributed by atoms with van der Waals surface area (Å²) in [6.07, 6.45) is 0. The van der Waals surface area contributed by atoms with Gasteiger partial charge in [-0.3, -0.25) is 4.79 Å². The molecular weight excluding hydrogens is 251 g/mol. The zero-order chi connectivity index (χ0) is 10.1. The molecule has 0 bridgehead atoms. The van der Waals surface area contributed by atoms with Gasteiger partial charge in [-0.2, -0.15) is 0 Å². The molecule has 1 heterocycles. The van der Waals surface area contributed by atoms with Crippen LogP contribution in [0.1, 0.15) is 5.82 Å². The molecule has 0 amide bonds. The normalized spacial score (nSPS) is 10.7. The predicted octanol–water partition coefficient (Wildman–Crippen LogP) is 2.16. The highest BCUT2D eigenvalue weighted by atomic mass is 79.9. The van der Waals surface area contributed by atoms with Crippen molar-refractivity contribution in [3.63, 3.8) is 0 Å². The van der Waals surface area contributed by atoms with Crippen LogP contribution in [-0.2, 0) is 6.67 Å². The molecule has 0 radical (unpaired) electrons. The van der Waals surface area contributed by atoms with E-state index in [4.69, 9.17) is 0 Å². The number of rotatable bonds is 1. The van der Waals surface area contributed by atoms with Gasteiger partial charge >= 0.3 is 0 Å². The topological polar surface area (TPSA) is 45.8 Å². The Morgan fingerprint density at radius 3 is 3.00 bits per heavy atom. The highest BCUT2D eigenvalue weighted by Gasteiger charge is 2.03. The van der Waals surface area contributed by atoms with Crippen LogP contribution < -0.4 is 5.56 Å². The number of fused-ring (bicyclic) bond motifs is 1. The number of halogens is 2. The number of aromatic nitrogens is 2. The van der Waals surface area contributed by atoms with E-state index in [1.54, 1.807) is 18.2 Å². The van der Waals surface area contributed by atoms with Crippen LogP contribution in [0.15, 0.2) is 27.5 Å². The first-order valence-corrected chi connectivity index (χ1v) is 4.74. The molecule has 0 aliphatic rings. The third-order valence-corrected chi connectivity index (χ3v) is 2.34. The van der Waals surface area contributed by atoms with Crippen molar-refractivity contribution >= 4 is 26.8 Å². The fourth-order valence-electron chi connectivity index (χ4n) is 1.22. The van der Waals surface area contributed by atoms with Crippen molar-refractivity contribution in [3.05, 3.63) is 38.9 Å². The number of alkyl halides is 1. The van der Waals surface area contributed by atoms with Gasteiger partial charge in [0.25, 0.3) is 5.56 Å². The van der Waals surface area contributed by atoms with Crippen molar-refractivity contribution < 1.29 is 4.39 Å². The monoisotopic (exact) mass is 256 g/mol. The van der Waals surface area contributed by atoms with Gasteiger partial charge in [0.2, 0.25) is 0 Å². The van der Waals surface area contributed by atoms with Crippen molar-refractivity contribution in [3.8, 4) is 0 Å². The van der Waals surface area contributed by atoms with E-state index in [1.165, 1.54) is 0 Å². The average Bonchev–Trinajstić information content (AvgIpc) is 2.19. The number of benzene rings is 1. The summed E-state index contributed by atoms with van der Waals surface area (Å²) in [5, 5.41) is 0.455. The van der Waals surface area contributed by atoms with E-state index in [-0.39, 0.29) is 11.4 Å². The van der Waals surface area contributed by atoms with Gasteiger partial charge in [-0.05, 0) is 18.2 Å². The largest absolute Gasteiger partial charge is 0.308 e. The summed E-state index contributed by atoms with van der Waals surface area (Å²) in [5.41, 5.74) is 0.188. The van der Waals surface area contributed by atoms with E-state index in [9.17, 15) is 9.18 Å². The molecule has 14 heavy (non-hydrogen) atoms. The quantitative estimate of drug-likeness (QED) is 0.850. The molecule has 3 nitrogen and oxygen atoms in total. The van der Waals surface area contributed by atoms with Gasteiger partial charge in [0.05, 0.1) is 10.9 Å². The Balaban J connectivity index is 2.83. The molecule has 72 valence electrons. The standard InChI is InChI=1S/C9H6BrFN2O/c10-5-1-2-7-6(3-5)9(14)13-8(4-11)12-7/h1-3H,4H2,(H,12,13,14). The lowest BCUT2D eigenvalue weighted by molar-refractivity contribution is 0.466. The van der Waals surface area contributed by atoms with Gasteiger partial charge in [-0.25, -0.2) is 9.37 Å². The fraction of sp³-hybridized carbons (Fsp3) is 0.111. The summed E-state index contributed by atoms with van der Waals surface area (Å²) in [7, 11) is 0. The number of H-pyrrole nitrogens is 1. The molecule has 2 rings (SSSR count). The fourth-order valence-corrected chi connectivity index (χ4v) is 1.58. The van der Waals surface area contributed by atoms with Crippen LogP contribution >= 0.6 is 15.9 Å². The number of hydrogen-bond acceptors (Lipinski definition) is 2. The molecule has 0 atom stereocenters. The molecule has 0 saturated heterocycles. The van der Waals surface area contributed by atoms with Crippen LogP contribution in [0.25, 0.3) is 10.9 Å². The first kappa shape index (κ1) is 9.33. The molecule has 0 unspecified atom stereocenters. The van der Waals surface area contributed by atoms with E-state index in [0.29, 0.717) is 10.9 Å². The Hall–Kier alpha value is -1.23. The molecular formula is C9H6BrFN2O. The maximum atomic E-state index is 12.3.